The topological polar surface area (TPSA) is 30.5 Å². The Labute approximate surface area is 106 Å². The van der Waals surface area contributed by atoms with Crippen LogP contribution >= 0.6 is 11.6 Å². The van der Waals surface area contributed by atoms with Gasteiger partial charge in [-0.2, -0.15) is 0 Å². The Morgan fingerprint density at radius 2 is 1.88 bits per heavy atom. The van der Waals surface area contributed by atoms with Gasteiger partial charge in [0.15, 0.2) is 6.29 Å². The fraction of sp³-hybridized carbons (Fsp3) is 0.538. The second kappa shape index (κ2) is 4.58. The quantitative estimate of drug-likeness (QED) is 0.834. The van der Waals surface area contributed by atoms with Crippen LogP contribution in [0.15, 0.2) is 24.3 Å². The average Bonchev–Trinajstić information content (AvgIpc) is 2.75. The van der Waals surface area contributed by atoms with Crippen LogP contribution in [0.1, 0.15) is 24.7 Å². The maximum Gasteiger partial charge on any atom is 0.184 e. The number of piperidine rings is 1. The summed E-state index contributed by atoms with van der Waals surface area (Å²) < 4.78 is 11.9. The number of ether oxygens (including phenoxy) is 2. The molecular formula is C13H16ClNO2. The van der Waals surface area contributed by atoms with Gasteiger partial charge in [0.1, 0.15) is 0 Å². The van der Waals surface area contributed by atoms with Gasteiger partial charge in [0.25, 0.3) is 0 Å². The first-order chi connectivity index (χ1) is 8.27. The molecule has 1 aromatic carbocycles. The summed E-state index contributed by atoms with van der Waals surface area (Å²) in [6.45, 7) is 2.72. The van der Waals surface area contributed by atoms with Crippen molar-refractivity contribution in [2.75, 3.05) is 19.7 Å². The molecule has 2 saturated heterocycles. The summed E-state index contributed by atoms with van der Waals surface area (Å²) in [4.78, 5) is 0. The first-order valence-corrected chi connectivity index (χ1v) is 6.41. The van der Waals surface area contributed by atoms with E-state index < -0.39 is 0 Å². The molecule has 3 rings (SSSR count). The minimum Gasteiger partial charge on any atom is -0.345 e. The lowest BCUT2D eigenvalue weighted by molar-refractivity contribution is -0.101. The van der Waals surface area contributed by atoms with Crippen molar-refractivity contribution in [3.05, 3.63) is 34.9 Å². The van der Waals surface area contributed by atoms with E-state index in [4.69, 9.17) is 21.1 Å². The molecule has 1 aromatic rings. The molecule has 1 spiro atoms. The molecule has 1 atom stereocenters. The Hall–Kier alpha value is -0.610. The van der Waals surface area contributed by atoms with Gasteiger partial charge in [-0.3, -0.25) is 0 Å². The molecule has 2 heterocycles. The molecule has 3 nitrogen and oxygen atoms in total. The molecule has 1 N–H and O–H groups in total. The average molecular weight is 254 g/mol. The van der Waals surface area contributed by atoms with Crippen molar-refractivity contribution >= 4 is 11.6 Å². The highest BCUT2D eigenvalue weighted by Crippen LogP contribution is 2.38. The Kier molecular flexibility index (Phi) is 3.09. The number of halogens is 1. The van der Waals surface area contributed by atoms with Crippen LogP contribution in [0.2, 0.25) is 5.02 Å². The summed E-state index contributed by atoms with van der Waals surface area (Å²) in [5.74, 6) is 0. The first-order valence-electron chi connectivity index (χ1n) is 6.03. The van der Waals surface area contributed by atoms with Crippen LogP contribution < -0.4 is 5.32 Å². The van der Waals surface area contributed by atoms with Crippen LogP contribution in [0.25, 0.3) is 0 Å². The molecule has 0 aromatic heterocycles. The molecule has 2 aliphatic rings. The van der Waals surface area contributed by atoms with Crippen LogP contribution in [0.3, 0.4) is 0 Å². The first kappa shape index (κ1) is 11.5. The van der Waals surface area contributed by atoms with Crippen LogP contribution in [0, 0.1) is 0 Å². The van der Waals surface area contributed by atoms with Crippen LogP contribution in [-0.2, 0) is 9.47 Å². The van der Waals surface area contributed by atoms with Crippen LogP contribution in [-0.4, -0.2) is 25.3 Å². The molecule has 17 heavy (non-hydrogen) atoms. The third kappa shape index (κ3) is 2.33. The second-order valence-electron chi connectivity index (χ2n) is 4.75. The van der Waals surface area contributed by atoms with Crippen molar-refractivity contribution in [2.45, 2.75) is 24.7 Å². The standard InChI is InChI=1S/C13H16ClNO2/c14-11-3-1-10(2-4-11)12-16-9-13(17-12)5-7-15-8-6-13/h1-4,12,15H,5-9H2. The molecule has 0 radical (unpaired) electrons. The van der Waals surface area contributed by atoms with Crippen molar-refractivity contribution < 1.29 is 9.47 Å². The number of nitrogens with one attached hydrogen (secondary N) is 1. The summed E-state index contributed by atoms with van der Waals surface area (Å²) in [6, 6.07) is 7.67. The fourth-order valence-electron chi connectivity index (χ4n) is 2.45. The maximum atomic E-state index is 6.11. The lowest BCUT2D eigenvalue weighted by Gasteiger charge is -2.31. The van der Waals surface area contributed by atoms with Gasteiger partial charge < -0.3 is 14.8 Å². The largest absolute Gasteiger partial charge is 0.345 e. The van der Waals surface area contributed by atoms with Gasteiger partial charge >= 0.3 is 0 Å². The zero-order valence-corrected chi connectivity index (χ0v) is 10.4. The van der Waals surface area contributed by atoms with Crippen LogP contribution in [0.5, 0.6) is 0 Å². The van der Waals surface area contributed by atoms with E-state index in [9.17, 15) is 0 Å². The predicted molar refractivity (Wildman–Crippen MR) is 66.1 cm³/mol. The Bertz CT molecular complexity index is 387. The van der Waals surface area contributed by atoms with E-state index in [0.717, 1.165) is 36.5 Å². The van der Waals surface area contributed by atoms with E-state index in [-0.39, 0.29) is 11.9 Å². The lowest BCUT2D eigenvalue weighted by Crippen LogP contribution is -2.43. The normalized spacial score (nSPS) is 27.5. The molecule has 0 amide bonds. The molecule has 0 saturated carbocycles. The van der Waals surface area contributed by atoms with Gasteiger partial charge in [-0.15, -0.1) is 0 Å². The molecule has 0 aliphatic carbocycles. The highest BCUT2D eigenvalue weighted by molar-refractivity contribution is 6.30. The summed E-state index contributed by atoms with van der Waals surface area (Å²) in [6.07, 6.45) is 1.82. The third-order valence-electron chi connectivity index (χ3n) is 3.51. The van der Waals surface area contributed by atoms with Crippen molar-refractivity contribution in [2.24, 2.45) is 0 Å². The van der Waals surface area contributed by atoms with Crippen molar-refractivity contribution in [3.8, 4) is 0 Å². The summed E-state index contributed by atoms with van der Waals surface area (Å²) >= 11 is 5.87. The van der Waals surface area contributed by atoms with Gasteiger partial charge in [0, 0.05) is 10.6 Å². The molecule has 2 fully saturated rings. The van der Waals surface area contributed by atoms with Gasteiger partial charge in [0.2, 0.25) is 0 Å². The van der Waals surface area contributed by atoms with Gasteiger partial charge in [-0.05, 0) is 38.1 Å². The molecule has 1 unspecified atom stereocenters. The van der Waals surface area contributed by atoms with E-state index in [2.05, 4.69) is 5.32 Å². The molecule has 4 heteroatoms. The molecular weight excluding hydrogens is 238 g/mol. The maximum absolute atomic E-state index is 6.11. The van der Waals surface area contributed by atoms with Gasteiger partial charge in [0.05, 0.1) is 12.2 Å². The molecule has 2 aliphatic heterocycles. The number of rotatable bonds is 1. The van der Waals surface area contributed by atoms with E-state index in [1.807, 2.05) is 24.3 Å². The summed E-state index contributed by atoms with van der Waals surface area (Å²) in [7, 11) is 0. The Morgan fingerprint density at radius 1 is 1.18 bits per heavy atom. The summed E-state index contributed by atoms with van der Waals surface area (Å²) in [5.41, 5.74) is 0.972. The van der Waals surface area contributed by atoms with Gasteiger partial charge in [-0.25, -0.2) is 0 Å². The number of benzene rings is 1. The van der Waals surface area contributed by atoms with E-state index in [0.29, 0.717) is 6.61 Å². The van der Waals surface area contributed by atoms with Crippen molar-refractivity contribution in [1.29, 1.82) is 0 Å². The van der Waals surface area contributed by atoms with Crippen LogP contribution in [0.4, 0.5) is 0 Å². The minimum absolute atomic E-state index is 0.0739. The SMILES string of the molecule is Clc1ccc(C2OCC3(CCNCC3)O2)cc1. The van der Waals surface area contributed by atoms with E-state index in [1.54, 1.807) is 0 Å². The predicted octanol–water partition coefficient (Wildman–Crippen LogP) is 2.51. The number of hydrogen-bond acceptors (Lipinski definition) is 3. The second-order valence-corrected chi connectivity index (χ2v) is 5.18. The zero-order chi connectivity index (χ0) is 11.7. The Morgan fingerprint density at radius 3 is 2.59 bits per heavy atom. The lowest BCUT2D eigenvalue weighted by atomic mass is 9.94. The molecule has 0 bridgehead atoms. The van der Waals surface area contributed by atoms with Crippen molar-refractivity contribution in [1.82, 2.24) is 5.32 Å². The third-order valence-corrected chi connectivity index (χ3v) is 3.76. The van der Waals surface area contributed by atoms with E-state index in [1.165, 1.54) is 0 Å². The zero-order valence-electron chi connectivity index (χ0n) is 9.62. The number of hydrogen-bond donors (Lipinski definition) is 1. The monoisotopic (exact) mass is 253 g/mol. The smallest absolute Gasteiger partial charge is 0.184 e. The fourth-order valence-corrected chi connectivity index (χ4v) is 2.58. The minimum atomic E-state index is -0.231. The van der Waals surface area contributed by atoms with E-state index >= 15 is 0 Å². The summed E-state index contributed by atoms with van der Waals surface area (Å²) in [5, 5.41) is 4.08. The van der Waals surface area contributed by atoms with Gasteiger partial charge in [-0.1, -0.05) is 23.7 Å². The molecule has 92 valence electrons. The van der Waals surface area contributed by atoms with Crippen molar-refractivity contribution in [3.63, 3.8) is 0 Å². The Balaban J connectivity index is 1.72. The highest BCUT2D eigenvalue weighted by atomic mass is 35.5. The highest BCUT2D eigenvalue weighted by Gasteiger charge is 2.42.